The van der Waals surface area contributed by atoms with Crippen molar-refractivity contribution >= 4 is 27.3 Å². The molecule has 1 aromatic heterocycles. The molecule has 0 bridgehead atoms. The Morgan fingerprint density at radius 1 is 1.64 bits per heavy atom. The van der Waals surface area contributed by atoms with Crippen LogP contribution >= 0.6 is 27.3 Å². The molecule has 0 aromatic carbocycles. The Morgan fingerprint density at radius 3 is 2.79 bits per heavy atom. The summed E-state index contributed by atoms with van der Waals surface area (Å²) in [6.45, 7) is 4.46. The summed E-state index contributed by atoms with van der Waals surface area (Å²) in [6.07, 6.45) is 3.96. The van der Waals surface area contributed by atoms with E-state index in [1.807, 2.05) is 0 Å². The van der Waals surface area contributed by atoms with Crippen LogP contribution in [0.15, 0.2) is 5.38 Å². The fourth-order valence-electron chi connectivity index (χ4n) is 1.91. The van der Waals surface area contributed by atoms with Gasteiger partial charge in [0, 0.05) is 22.8 Å². The summed E-state index contributed by atoms with van der Waals surface area (Å²) >= 11 is 5.46. The van der Waals surface area contributed by atoms with E-state index in [0.29, 0.717) is 5.41 Å². The second-order valence-electron chi connectivity index (χ2n) is 4.62. The molecule has 2 rings (SSSR count). The first-order valence-corrected chi connectivity index (χ1v) is 7.11. The monoisotopic (exact) mass is 273 g/mol. The Morgan fingerprint density at radius 2 is 2.36 bits per heavy atom. The molecule has 1 aromatic rings. The minimum Gasteiger partial charge on any atom is -0.247 e. The van der Waals surface area contributed by atoms with Gasteiger partial charge in [-0.05, 0) is 31.1 Å². The van der Waals surface area contributed by atoms with Gasteiger partial charge in [0.05, 0.1) is 5.01 Å². The highest BCUT2D eigenvalue weighted by Gasteiger charge is 2.41. The molecule has 1 nitrogen and oxygen atoms in total. The van der Waals surface area contributed by atoms with Crippen molar-refractivity contribution < 1.29 is 0 Å². The number of nitrogens with zero attached hydrogens (tertiary/aromatic N) is 1. The first-order chi connectivity index (χ1) is 6.64. The number of halogens is 1. The molecule has 1 heterocycles. The lowest BCUT2D eigenvalue weighted by molar-refractivity contribution is 0.318. The average Bonchev–Trinajstić information content (AvgIpc) is 2.93. The topological polar surface area (TPSA) is 12.9 Å². The maximum Gasteiger partial charge on any atom is 0.0933 e. The molecule has 0 amide bonds. The second kappa shape index (κ2) is 3.93. The Labute approximate surface area is 98.1 Å². The summed E-state index contributed by atoms with van der Waals surface area (Å²) in [7, 11) is 0. The molecule has 1 aliphatic carbocycles. The second-order valence-corrected chi connectivity index (χ2v) is 6.12. The maximum atomic E-state index is 4.55. The van der Waals surface area contributed by atoms with E-state index in [9.17, 15) is 0 Å². The van der Waals surface area contributed by atoms with Gasteiger partial charge in [0.15, 0.2) is 0 Å². The Hall–Kier alpha value is 0.110. The van der Waals surface area contributed by atoms with Crippen LogP contribution in [0.4, 0.5) is 0 Å². The Balaban J connectivity index is 2.07. The lowest BCUT2D eigenvalue weighted by atomic mass is 9.84. The number of thiazole rings is 1. The number of hydrogen-bond acceptors (Lipinski definition) is 2. The van der Waals surface area contributed by atoms with Crippen molar-refractivity contribution in [2.75, 3.05) is 5.33 Å². The van der Waals surface area contributed by atoms with Crippen LogP contribution in [0.1, 0.15) is 30.5 Å². The third-order valence-electron chi connectivity index (χ3n) is 3.09. The molecule has 1 atom stereocenters. The Kier molecular flexibility index (Phi) is 2.98. The molecule has 78 valence electrons. The van der Waals surface area contributed by atoms with E-state index in [2.05, 4.69) is 40.1 Å². The normalized spacial score (nSPS) is 20.8. The first-order valence-electron chi connectivity index (χ1n) is 5.11. The SMILES string of the molecule is Cc1csc(CC(C)(CBr)C2CC2)n1. The van der Waals surface area contributed by atoms with Gasteiger partial charge in [-0.3, -0.25) is 0 Å². The van der Waals surface area contributed by atoms with Crippen LogP contribution in [-0.4, -0.2) is 10.3 Å². The molecule has 0 radical (unpaired) electrons. The van der Waals surface area contributed by atoms with Crippen LogP contribution < -0.4 is 0 Å². The van der Waals surface area contributed by atoms with Gasteiger partial charge in [0.2, 0.25) is 0 Å². The third-order valence-corrected chi connectivity index (χ3v) is 5.34. The highest BCUT2D eigenvalue weighted by molar-refractivity contribution is 9.09. The van der Waals surface area contributed by atoms with Crippen molar-refractivity contribution in [3.05, 3.63) is 16.1 Å². The molecule has 14 heavy (non-hydrogen) atoms. The van der Waals surface area contributed by atoms with Crippen LogP contribution in [0.2, 0.25) is 0 Å². The molecule has 1 unspecified atom stereocenters. The summed E-state index contributed by atoms with van der Waals surface area (Å²) in [5, 5.41) is 4.55. The lowest BCUT2D eigenvalue weighted by Gasteiger charge is -2.26. The standard InChI is InChI=1S/C11H16BrNS/c1-8-6-14-10(13-8)5-11(2,7-12)9-3-4-9/h6,9H,3-5,7H2,1-2H3. The summed E-state index contributed by atoms with van der Waals surface area (Å²) in [6, 6.07) is 0. The molecule has 1 fully saturated rings. The molecule has 1 saturated carbocycles. The number of alkyl halides is 1. The molecular weight excluding hydrogens is 258 g/mol. The van der Waals surface area contributed by atoms with Crippen LogP contribution in [0.3, 0.4) is 0 Å². The van der Waals surface area contributed by atoms with E-state index in [-0.39, 0.29) is 0 Å². The summed E-state index contributed by atoms with van der Waals surface area (Å²) in [5.41, 5.74) is 1.60. The summed E-state index contributed by atoms with van der Waals surface area (Å²) in [4.78, 5) is 4.55. The maximum absolute atomic E-state index is 4.55. The molecule has 0 aliphatic heterocycles. The van der Waals surface area contributed by atoms with Crippen molar-refractivity contribution in [3.63, 3.8) is 0 Å². The van der Waals surface area contributed by atoms with Crippen molar-refractivity contribution in [2.24, 2.45) is 11.3 Å². The van der Waals surface area contributed by atoms with E-state index in [1.165, 1.54) is 17.8 Å². The summed E-state index contributed by atoms with van der Waals surface area (Å²) < 4.78 is 0. The van der Waals surface area contributed by atoms with E-state index >= 15 is 0 Å². The van der Waals surface area contributed by atoms with E-state index in [0.717, 1.165) is 23.4 Å². The predicted molar refractivity (Wildman–Crippen MR) is 65.2 cm³/mol. The van der Waals surface area contributed by atoms with Crippen LogP contribution in [0.25, 0.3) is 0 Å². The molecular formula is C11H16BrNS. The smallest absolute Gasteiger partial charge is 0.0933 e. The largest absolute Gasteiger partial charge is 0.247 e. The van der Waals surface area contributed by atoms with E-state index in [4.69, 9.17) is 0 Å². The number of aryl methyl sites for hydroxylation is 1. The zero-order valence-corrected chi connectivity index (χ0v) is 11.1. The minimum absolute atomic E-state index is 0.435. The molecule has 1 aliphatic rings. The number of aromatic nitrogens is 1. The number of rotatable bonds is 4. The zero-order valence-electron chi connectivity index (χ0n) is 8.72. The molecule has 3 heteroatoms. The number of hydrogen-bond donors (Lipinski definition) is 0. The quantitative estimate of drug-likeness (QED) is 0.761. The van der Waals surface area contributed by atoms with Crippen molar-refractivity contribution in [2.45, 2.75) is 33.1 Å². The fraction of sp³-hybridized carbons (Fsp3) is 0.727. The molecule has 0 N–H and O–H groups in total. The molecule has 0 spiro atoms. The van der Waals surface area contributed by atoms with Crippen LogP contribution in [-0.2, 0) is 6.42 Å². The fourth-order valence-corrected chi connectivity index (χ4v) is 3.54. The lowest BCUT2D eigenvalue weighted by Crippen LogP contribution is -2.24. The van der Waals surface area contributed by atoms with Gasteiger partial charge in [-0.15, -0.1) is 11.3 Å². The van der Waals surface area contributed by atoms with Crippen LogP contribution in [0, 0.1) is 18.3 Å². The molecule has 0 saturated heterocycles. The highest BCUT2D eigenvalue weighted by Crippen LogP contribution is 2.48. The Bertz CT molecular complexity index is 319. The van der Waals surface area contributed by atoms with E-state index < -0.39 is 0 Å². The van der Waals surface area contributed by atoms with Crippen LogP contribution in [0.5, 0.6) is 0 Å². The van der Waals surface area contributed by atoms with Gasteiger partial charge >= 0.3 is 0 Å². The van der Waals surface area contributed by atoms with Crippen molar-refractivity contribution in [1.82, 2.24) is 4.98 Å². The van der Waals surface area contributed by atoms with Gasteiger partial charge in [0.1, 0.15) is 0 Å². The average molecular weight is 274 g/mol. The van der Waals surface area contributed by atoms with Gasteiger partial charge in [0.25, 0.3) is 0 Å². The first kappa shape index (κ1) is 10.6. The van der Waals surface area contributed by atoms with Gasteiger partial charge in [-0.2, -0.15) is 0 Å². The van der Waals surface area contributed by atoms with E-state index in [1.54, 1.807) is 11.3 Å². The summed E-state index contributed by atoms with van der Waals surface area (Å²) in [5.74, 6) is 0.922. The van der Waals surface area contributed by atoms with Gasteiger partial charge < -0.3 is 0 Å². The van der Waals surface area contributed by atoms with Crippen molar-refractivity contribution in [1.29, 1.82) is 0 Å². The van der Waals surface area contributed by atoms with Crippen molar-refractivity contribution in [3.8, 4) is 0 Å². The minimum atomic E-state index is 0.435. The highest BCUT2D eigenvalue weighted by atomic mass is 79.9. The van der Waals surface area contributed by atoms with Gasteiger partial charge in [-0.1, -0.05) is 22.9 Å². The van der Waals surface area contributed by atoms with Gasteiger partial charge in [-0.25, -0.2) is 4.98 Å². The third kappa shape index (κ3) is 2.19. The predicted octanol–water partition coefficient (Wildman–Crippen LogP) is 3.81. The zero-order chi connectivity index (χ0) is 10.2.